The van der Waals surface area contributed by atoms with Crippen LogP contribution in [-0.2, 0) is 4.74 Å². The van der Waals surface area contributed by atoms with Gasteiger partial charge in [0.25, 0.3) is 0 Å². The van der Waals surface area contributed by atoms with E-state index < -0.39 is 11.7 Å². The Morgan fingerprint density at radius 3 is 2.59 bits per heavy atom. The smallest absolute Gasteiger partial charge is 0.407 e. The monoisotopic (exact) mass is 330 g/mol. The van der Waals surface area contributed by atoms with Crippen LogP contribution in [0.15, 0.2) is 4.99 Å². The van der Waals surface area contributed by atoms with E-state index in [0.717, 1.165) is 37.4 Å². The zero-order valence-electron chi connectivity index (χ0n) is 14.2. The summed E-state index contributed by atoms with van der Waals surface area (Å²) in [6.45, 7) is 10.0. The molecule has 1 unspecified atom stereocenters. The third kappa shape index (κ3) is 7.77. The fourth-order valence-corrected chi connectivity index (χ4v) is 3.03. The molecule has 1 rings (SSSR count). The molecule has 0 aliphatic carbocycles. The van der Waals surface area contributed by atoms with Crippen LogP contribution in [-0.4, -0.2) is 59.7 Å². The molecule has 0 aromatic carbocycles. The fourth-order valence-electron chi connectivity index (χ4n) is 2.13. The quantitative estimate of drug-likeness (QED) is 0.596. The molecular weight excluding hydrogens is 300 g/mol. The number of guanidine groups is 1. The van der Waals surface area contributed by atoms with Crippen LogP contribution in [0.4, 0.5) is 4.79 Å². The topological polar surface area (TPSA) is 80.0 Å². The maximum atomic E-state index is 11.9. The highest BCUT2D eigenvalue weighted by molar-refractivity contribution is 7.99. The third-order valence-corrected chi connectivity index (χ3v) is 4.11. The number of rotatable bonds is 5. The van der Waals surface area contributed by atoms with Crippen molar-refractivity contribution < 1.29 is 9.53 Å². The van der Waals surface area contributed by atoms with Crippen LogP contribution in [0.5, 0.6) is 0 Å². The number of ether oxygens (including phenoxy) is 1. The second kappa shape index (κ2) is 9.12. The molecule has 3 N–H and O–H groups in total. The minimum atomic E-state index is -0.491. The highest BCUT2D eigenvalue weighted by Gasteiger charge is 2.19. The summed E-state index contributed by atoms with van der Waals surface area (Å²) in [6, 6.07) is -0.0439. The van der Waals surface area contributed by atoms with Crippen molar-refractivity contribution in [2.24, 2.45) is 10.7 Å². The van der Waals surface area contributed by atoms with Crippen LogP contribution < -0.4 is 11.1 Å². The average Bonchev–Trinajstić information content (AvgIpc) is 2.43. The lowest BCUT2D eigenvalue weighted by molar-refractivity contribution is 0.0503. The van der Waals surface area contributed by atoms with Gasteiger partial charge in [0.05, 0.1) is 12.6 Å². The molecule has 1 saturated heterocycles. The zero-order valence-corrected chi connectivity index (χ0v) is 15.0. The van der Waals surface area contributed by atoms with Gasteiger partial charge in [0.15, 0.2) is 5.96 Å². The number of hydrogen-bond acceptors (Lipinski definition) is 4. The maximum Gasteiger partial charge on any atom is 0.407 e. The van der Waals surface area contributed by atoms with Gasteiger partial charge in [-0.2, -0.15) is 11.8 Å². The highest BCUT2D eigenvalue weighted by atomic mass is 32.2. The normalized spacial score (nSPS) is 18.0. The molecule has 1 aliphatic heterocycles. The summed E-state index contributed by atoms with van der Waals surface area (Å²) in [7, 11) is 0. The number of thioether (sulfide) groups is 1. The third-order valence-electron chi connectivity index (χ3n) is 3.17. The number of nitrogens with two attached hydrogens (primary N) is 1. The van der Waals surface area contributed by atoms with E-state index in [4.69, 9.17) is 10.5 Å². The number of amides is 1. The second-order valence-electron chi connectivity index (χ2n) is 6.43. The Labute approximate surface area is 138 Å². The van der Waals surface area contributed by atoms with Gasteiger partial charge in [-0.05, 0) is 27.2 Å². The molecule has 0 radical (unpaired) electrons. The lowest BCUT2D eigenvalue weighted by Gasteiger charge is -2.28. The Bertz CT molecular complexity index is 376. The van der Waals surface area contributed by atoms with Crippen molar-refractivity contribution in [2.75, 3.05) is 31.1 Å². The van der Waals surface area contributed by atoms with Gasteiger partial charge in [0, 0.05) is 24.6 Å². The summed E-state index contributed by atoms with van der Waals surface area (Å²) in [6.07, 6.45) is 1.43. The van der Waals surface area contributed by atoms with Crippen LogP contribution in [0.3, 0.4) is 0 Å². The Hall–Kier alpha value is -1.11. The summed E-state index contributed by atoms with van der Waals surface area (Å²) in [5, 5.41) is 2.89. The molecule has 1 heterocycles. The SMILES string of the molecule is CCCC(CN=C(N)N1CCSCC1)NC(=O)OC(C)(C)C. The number of nitrogens with zero attached hydrogens (tertiary/aromatic N) is 2. The Kier molecular flexibility index (Phi) is 7.85. The van der Waals surface area contributed by atoms with E-state index in [2.05, 4.69) is 22.1 Å². The molecule has 6 nitrogen and oxygen atoms in total. The first-order chi connectivity index (χ1) is 10.3. The number of carbonyl (C=O) groups excluding carboxylic acids is 1. The fraction of sp³-hybridized carbons (Fsp3) is 0.867. The Morgan fingerprint density at radius 2 is 2.05 bits per heavy atom. The molecule has 128 valence electrons. The first-order valence-corrected chi connectivity index (χ1v) is 9.09. The summed E-state index contributed by atoms with van der Waals surface area (Å²) >= 11 is 1.94. The largest absolute Gasteiger partial charge is 0.444 e. The van der Waals surface area contributed by atoms with Gasteiger partial charge in [0.2, 0.25) is 0 Å². The van der Waals surface area contributed by atoms with Gasteiger partial charge in [0.1, 0.15) is 5.60 Å². The van der Waals surface area contributed by atoms with Gasteiger partial charge < -0.3 is 20.7 Å². The van der Waals surface area contributed by atoms with Crippen LogP contribution in [0, 0.1) is 0 Å². The molecule has 0 aromatic rings. The molecular formula is C15H30N4O2S. The Morgan fingerprint density at radius 1 is 1.41 bits per heavy atom. The van der Waals surface area contributed by atoms with Crippen LogP contribution in [0.1, 0.15) is 40.5 Å². The van der Waals surface area contributed by atoms with E-state index in [0.29, 0.717) is 12.5 Å². The second-order valence-corrected chi connectivity index (χ2v) is 7.65. The molecule has 1 aliphatic rings. The number of alkyl carbamates (subject to hydrolysis) is 1. The minimum Gasteiger partial charge on any atom is -0.444 e. The van der Waals surface area contributed by atoms with Gasteiger partial charge in [-0.3, -0.25) is 4.99 Å². The molecule has 1 atom stereocenters. The highest BCUT2D eigenvalue weighted by Crippen LogP contribution is 2.10. The van der Waals surface area contributed by atoms with E-state index >= 15 is 0 Å². The van der Waals surface area contributed by atoms with E-state index in [-0.39, 0.29) is 6.04 Å². The lowest BCUT2D eigenvalue weighted by atomic mass is 10.1. The number of aliphatic imine (C=N–C) groups is 1. The predicted octanol–water partition coefficient (Wildman–Crippen LogP) is 2.04. The minimum absolute atomic E-state index is 0.0439. The van der Waals surface area contributed by atoms with E-state index in [9.17, 15) is 4.79 Å². The van der Waals surface area contributed by atoms with Crippen LogP contribution in [0.2, 0.25) is 0 Å². The summed E-state index contributed by atoms with van der Waals surface area (Å²) in [5.74, 6) is 2.75. The Balaban J connectivity index is 2.50. The summed E-state index contributed by atoms with van der Waals surface area (Å²) in [4.78, 5) is 18.4. The molecule has 1 fully saturated rings. The van der Waals surface area contributed by atoms with Crippen LogP contribution >= 0.6 is 11.8 Å². The van der Waals surface area contributed by atoms with Crippen LogP contribution in [0.25, 0.3) is 0 Å². The van der Waals surface area contributed by atoms with Crippen molar-refractivity contribution in [2.45, 2.75) is 52.2 Å². The van der Waals surface area contributed by atoms with Crippen molar-refractivity contribution in [1.82, 2.24) is 10.2 Å². The maximum absolute atomic E-state index is 11.9. The van der Waals surface area contributed by atoms with E-state index in [1.807, 2.05) is 32.5 Å². The molecule has 0 bridgehead atoms. The lowest BCUT2D eigenvalue weighted by Crippen LogP contribution is -2.44. The summed E-state index contributed by atoms with van der Waals surface area (Å²) < 4.78 is 5.29. The molecule has 0 saturated carbocycles. The first kappa shape index (κ1) is 18.9. The van der Waals surface area contributed by atoms with E-state index in [1.165, 1.54) is 0 Å². The molecule has 0 spiro atoms. The average molecular weight is 330 g/mol. The standard InChI is InChI=1S/C15H30N4O2S/c1-5-6-12(18-14(20)21-15(2,3)4)11-17-13(16)19-7-9-22-10-8-19/h12H,5-11H2,1-4H3,(H2,16,17)(H,18,20). The van der Waals surface area contributed by atoms with Gasteiger partial charge in [-0.1, -0.05) is 13.3 Å². The molecule has 1 amide bonds. The predicted molar refractivity (Wildman–Crippen MR) is 93.5 cm³/mol. The molecule has 0 aromatic heterocycles. The first-order valence-electron chi connectivity index (χ1n) is 7.94. The number of carbonyl (C=O) groups is 1. The number of nitrogens with one attached hydrogen (secondary N) is 1. The van der Waals surface area contributed by atoms with Gasteiger partial charge >= 0.3 is 6.09 Å². The number of hydrogen-bond donors (Lipinski definition) is 2. The molecule has 22 heavy (non-hydrogen) atoms. The summed E-state index contributed by atoms with van der Waals surface area (Å²) in [5.41, 5.74) is 5.56. The van der Waals surface area contributed by atoms with Crippen molar-refractivity contribution in [3.63, 3.8) is 0 Å². The zero-order chi connectivity index (χ0) is 16.6. The van der Waals surface area contributed by atoms with Crippen molar-refractivity contribution in [3.05, 3.63) is 0 Å². The van der Waals surface area contributed by atoms with Gasteiger partial charge in [-0.15, -0.1) is 0 Å². The van der Waals surface area contributed by atoms with Crippen molar-refractivity contribution in [1.29, 1.82) is 0 Å². The molecule has 7 heteroatoms. The van der Waals surface area contributed by atoms with Gasteiger partial charge in [-0.25, -0.2) is 4.79 Å². The van der Waals surface area contributed by atoms with Crippen molar-refractivity contribution in [3.8, 4) is 0 Å². The van der Waals surface area contributed by atoms with E-state index in [1.54, 1.807) is 0 Å². The van der Waals surface area contributed by atoms with Crippen molar-refractivity contribution >= 4 is 23.8 Å².